The maximum Gasteiger partial charge on any atom is 0.243 e. The molecule has 0 aliphatic carbocycles. The Morgan fingerprint density at radius 1 is 0.636 bits per heavy atom. The molecule has 2 aromatic carbocycles. The molecule has 0 radical (unpaired) electrons. The Hall–Kier alpha value is -2.35. The zero-order valence-corrected chi connectivity index (χ0v) is 22.2. The molecule has 33 heavy (non-hydrogen) atoms. The van der Waals surface area contributed by atoms with E-state index in [-0.39, 0.29) is 0 Å². The molecule has 2 heteroatoms. The van der Waals surface area contributed by atoms with Crippen molar-refractivity contribution in [1.82, 2.24) is 4.57 Å². The molecule has 0 fully saturated rings. The predicted molar refractivity (Wildman–Crippen MR) is 141 cm³/mol. The monoisotopic (exact) mass is 445 g/mol. The molecular formula is C31H45N2+. The van der Waals surface area contributed by atoms with E-state index in [0.717, 1.165) is 25.9 Å². The van der Waals surface area contributed by atoms with E-state index in [0.29, 0.717) is 23.7 Å². The van der Waals surface area contributed by atoms with Gasteiger partial charge in [-0.3, -0.25) is 0 Å². The van der Waals surface area contributed by atoms with E-state index in [1.807, 2.05) is 0 Å². The van der Waals surface area contributed by atoms with Crippen molar-refractivity contribution in [3.63, 3.8) is 0 Å². The van der Waals surface area contributed by atoms with Crippen LogP contribution >= 0.6 is 0 Å². The Morgan fingerprint density at radius 3 is 1.48 bits per heavy atom. The molecule has 0 spiro atoms. The Morgan fingerprint density at radius 2 is 1.06 bits per heavy atom. The van der Waals surface area contributed by atoms with Gasteiger partial charge in [0.15, 0.2) is 0 Å². The lowest BCUT2D eigenvalue weighted by Crippen LogP contribution is -2.32. The van der Waals surface area contributed by atoms with E-state index in [2.05, 4.69) is 120 Å². The Bertz CT molecular complexity index is 902. The van der Waals surface area contributed by atoms with Crippen molar-refractivity contribution in [2.24, 2.45) is 0 Å². The fourth-order valence-electron chi connectivity index (χ4n) is 5.17. The first-order valence-electron chi connectivity index (χ1n) is 13.0. The fourth-order valence-corrected chi connectivity index (χ4v) is 5.17. The molecule has 1 aromatic heterocycles. The average molecular weight is 446 g/mol. The number of imidazole rings is 1. The lowest BCUT2D eigenvalue weighted by molar-refractivity contribution is -0.696. The van der Waals surface area contributed by atoms with Crippen LogP contribution in [-0.2, 0) is 25.9 Å². The highest BCUT2D eigenvalue weighted by atomic mass is 15.1. The first-order chi connectivity index (χ1) is 15.7. The molecule has 0 saturated heterocycles. The molecule has 0 aliphatic rings. The van der Waals surface area contributed by atoms with Crippen LogP contribution < -0.4 is 4.57 Å². The van der Waals surface area contributed by atoms with Crippen molar-refractivity contribution in [1.29, 1.82) is 0 Å². The SMILES string of the molecule is CC(C)c1cccc(C(C)C)c1CCn1cc[n+](CCc2c(C(C)C)cccc2C(C)C)c1. The fraction of sp³-hybridized carbons (Fsp3) is 0.516. The Labute approximate surface area is 202 Å². The molecule has 0 saturated carbocycles. The van der Waals surface area contributed by atoms with E-state index in [1.54, 1.807) is 11.1 Å². The van der Waals surface area contributed by atoms with Crippen LogP contribution in [0.1, 0.15) is 112 Å². The maximum atomic E-state index is 2.36. The van der Waals surface area contributed by atoms with E-state index in [9.17, 15) is 0 Å². The van der Waals surface area contributed by atoms with E-state index in [1.165, 1.54) is 22.3 Å². The topological polar surface area (TPSA) is 8.81 Å². The average Bonchev–Trinajstić information content (AvgIpc) is 3.23. The lowest BCUT2D eigenvalue weighted by atomic mass is 9.87. The summed E-state index contributed by atoms with van der Waals surface area (Å²) in [5, 5.41) is 0. The normalized spacial score (nSPS) is 12.0. The van der Waals surface area contributed by atoms with E-state index in [4.69, 9.17) is 0 Å². The summed E-state index contributed by atoms with van der Waals surface area (Å²) in [4.78, 5) is 0. The zero-order chi connectivity index (χ0) is 24.1. The van der Waals surface area contributed by atoms with Crippen molar-refractivity contribution in [2.75, 3.05) is 0 Å². The molecule has 0 amide bonds. The molecular weight excluding hydrogens is 400 g/mol. The van der Waals surface area contributed by atoms with Crippen molar-refractivity contribution in [2.45, 2.75) is 105 Å². The van der Waals surface area contributed by atoms with Crippen LogP contribution in [0.3, 0.4) is 0 Å². The number of nitrogens with zero attached hydrogens (tertiary/aromatic N) is 2. The number of hydrogen-bond acceptors (Lipinski definition) is 0. The summed E-state index contributed by atoms with van der Waals surface area (Å²) < 4.78 is 4.72. The van der Waals surface area contributed by atoms with Gasteiger partial charge in [-0.25, -0.2) is 9.13 Å². The highest BCUT2D eigenvalue weighted by molar-refractivity contribution is 5.40. The van der Waals surface area contributed by atoms with Gasteiger partial charge in [0.2, 0.25) is 6.33 Å². The summed E-state index contributed by atoms with van der Waals surface area (Å²) in [6.45, 7) is 20.5. The second kappa shape index (κ2) is 11.2. The lowest BCUT2D eigenvalue weighted by Gasteiger charge is -2.19. The summed E-state index contributed by atoms with van der Waals surface area (Å²) in [5.41, 5.74) is 9.13. The van der Waals surface area contributed by atoms with Crippen LogP contribution in [0.15, 0.2) is 55.1 Å². The molecule has 178 valence electrons. The summed E-state index contributed by atoms with van der Waals surface area (Å²) in [7, 11) is 0. The highest BCUT2D eigenvalue weighted by Crippen LogP contribution is 2.29. The first kappa shape index (κ1) is 25.3. The summed E-state index contributed by atoms with van der Waals surface area (Å²) in [6.07, 6.45) is 8.95. The third-order valence-corrected chi connectivity index (χ3v) is 6.97. The minimum absolute atomic E-state index is 0.560. The van der Waals surface area contributed by atoms with Gasteiger partial charge in [-0.05, 0) is 57.1 Å². The van der Waals surface area contributed by atoms with Gasteiger partial charge in [0, 0.05) is 12.8 Å². The second-order valence-electron chi connectivity index (χ2n) is 10.8. The molecule has 0 atom stereocenters. The quantitative estimate of drug-likeness (QED) is 0.282. The summed E-state index contributed by atoms with van der Waals surface area (Å²) in [5.74, 6) is 2.24. The number of benzene rings is 2. The third-order valence-electron chi connectivity index (χ3n) is 6.97. The number of aryl methyl sites for hydroxylation is 2. The van der Waals surface area contributed by atoms with Gasteiger partial charge in [0.25, 0.3) is 0 Å². The van der Waals surface area contributed by atoms with Crippen LogP contribution in [0.4, 0.5) is 0 Å². The molecule has 3 rings (SSSR count). The molecule has 0 N–H and O–H groups in total. The number of rotatable bonds is 10. The van der Waals surface area contributed by atoms with Crippen LogP contribution in [-0.4, -0.2) is 4.57 Å². The van der Waals surface area contributed by atoms with Crippen LogP contribution in [0.5, 0.6) is 0 Å². The van der Waals surface area contributed by atoms with Crippen molar-refractivity contribution in [3.05, 3.63) is 88.5 Å². The standard InChI is InChI=1S/C31H45N2/c1-22(2)26-11-9-12-27(23(3)4)30(26)15-17-32-19-20-33(21-32)18-16-31-28(24(5)6)13-10-14-29(31)25(7)8/h9-14,19-25H,15-18H2,1-8H3/q+1. The van der Waals surface area contributed by atoms with Crippen LogP contribution in [0, 0.1) is 0 Å². The van der Waals surface area contributed by atoms with Gasteiger partial charge in [0.05, 0.1) is 13.1 Å². The summed E-state index contributed by atoms with van der Waals surface area (Å²) in [6, 6.07) is 13.7. The van der Waals surface area contributed by atoms with Gasteiger partial charge in [0.1, 0.15) is 12.4 Å². The smallest absolute Gasteiger partial charge is 0.236 e. The highest BCUT2D eigenvalue weighted by Gasteiger charge is 2.17. The van der Waals surface area contributed by atoms with E-state index < -0.39 is 0 Å². The van der Waals surface area contributed by atoms with Crippen molar-refractivity contribution in [3.8, 4) is 0 Å². The second-order valence-corrected chi connectivity index (χ2v) is 10.8. The molecule has 0 aliphatic heterocycles. The van der Waals surface area contributed by atoms with Gasteiger partial charge >= 0.3 is 0 Å². The van der Waals surface area contributed by atoms with Crippen molar-refractivity contribution < 1.29 is 4.57 Å². The molecule has 3 aromatic rings. The minimum atomic E-state index is 0.560. The third kappa shape index (κ3) is 6.16. The van der Waals surface area contributed by atoms with Crippen LogP contribution in [0.2, 0.25) is 0 Å². The van der Waals surface area contributed by atoms with Crippen LogP contribution in [0.25, 0.3) is 0 Å². The van der Waals surface area contributed by atoms with Gasteiger partial charge in [-0.15, -0.1) is 0 Å². The predicted octanol–water partition coefficient (Wildman–Crippen LogP) is 7.75. The van der Waals surface area contributed by atoms with Gasteiger partial charge < -0.3 is 0 Å². The first-order valence-corrected chi connectivity index (χ1v) is 13.0. The maximum absolute atomic E-state index is 2.36. The van der Waals surface area contributed by atoms with Crippen molar-refractivity contribution >= 4 is 0 Å². The number of aromatic nitrogens is 2. The summed E-state index contributed by atoms with van der Waals surface area (Å²) >= 11 is 0. The molecule has 1 heterocycles. The molecule has 2 nitrogen and oxygen atoms in total. The molecule has 0 bridgehead atoms. The largest absolute Gasteiger partial charge is 0.243 e. The van der Waals surface area contributed by atoms with Gasteiger partial charge in [-0.1, -0.05) is 91.8 Å². The van der Waals surface area contributed by atoms with Gasteiger partial charge in [-0.2, -0.15) is 0 Å². The zero-order valence-electron chi connectivity index (χ0n) is 22.2. The molecule has 0 unspecified atom stereocenters. The Balaban J connectivity index is 1.73. The minimum Gasteiger partial charge on any atom is -0.236 e. The van der Waals surface area contributed by atoms with E-state index >= 15 is 0 Å². The Kier molecular flexibility index (Phi) is 8.57. The number of hydrogen-bond donors (Lipinski definition) is 0.